The van der Waals surface area contributed by atoms with E-state index >= 15 is 0 Å². The number of nitrogen functional groups attached to an aromatic ring is 1. The molecule has 18 heavy (non-hydrogen) atoms. The third-order valence-corrected chi connectivity index (χ3v) is 2.60. The summed E-state index contributed by atoms with van der Waals surface area (Å²) < 4.78 is 10.9. The molecule has 0 spiro atoms. The Kier molecular flexibility index (Phi) is 3.81. The van der Waals surface area contributed by atoms with Crippen molar-refractivity contribution in [1.82, 2.24) is 15.0 Å². The molecule has 7 nitrogen and oxygen atoms in total. The van der Waals surface area contributed by atoms with Crippen LogP contribution < -0.4 is 15.4 Å². The molecule has 1 fully saturated rings. The van der Waals surface area contributed by atoms with E-state index in [1.807, 2.05) is 25.7 Å². The first-order valence-corrected chi connectivity index (χ1v) is 6.13. The number of hydrogen-bond donors (Lipinski definition) is 1. The van der Waals surface area contributed by atoms with Crippen LogP contribution in [0.15, 0.2) is 0 Å². The van der Waals surface area contributed by atoms with Gasteiger partial charge >= 0.3 is 6.01 Å². The predicted octanol–water partition coefficient (Wildman–Crippen LogP) is 0.466. The predicted molar refractivity (Wildman–Crippen MR) is 67.6 cm³/mol. The van der Waals surface area contributed by atoms with Crippen LogP contribution in [-0.2, 0) is 4.74 Å². The number of anilines is 2. The van der Waals surface area contributed by atoms with Gasteiger partial charge in [-0.05, 0) is 20.8 Å². The highest BCUT2D eigenvalue weighted by atomic mass is 16.5. The molecule has 2 N–H and O–H groups in total. The summed E-state index contributed by atoms with van der Waals surface area (Å²) >= 11 is 0. The van der Waals surface area contributed by atoms with Crippen LogP contribution in [0.2, 0.25) is 0 Å². The highest BCUT2D eigenvalue weighted by Gasteiger charge is 2.24. The smallest absolute Gasteiger partial charge is 0.323 e. The van der Waals surface area contributed by atoms with Crippen molar-refractivity contribution in [2.45, 2.75) is 33.0 Å². The molecule has 1 saturated heterocycles. The molecule has 2 heterocycles. The van der Waals surface area contributed by atoms with Gasteiger partial charge in [0, 0.05) is 13.1 Å². The van der Waals surface area contributed by atoms with Gasteiger partial charge in [0.2, 0.25) is 11.9 Å². The molecule has 2 atom stereocenters. The largest absolute Gasteiger partial charge is 0.464 e. The Morgan fingerprint density at radius 2 is 1.94 bits per heavy atom. The Balaban J connectivity index is 2.21. The molecular formula is C11H19N5O2. The molecule has 0 bridgehead atoms. The van der Waals surface area contributed by atoms with Crippen LogP contribution in [0.3, 0.4) is 0 Å². The normalized spacial score (nSPS) is 24.1. The zero-order valence-electron chi connectivity index (χ0n) is 11.0. The van der Waals surface area contributed by atoms with Crippen LogP contribution in [0.4, 0.5) is 11.9 Å². The lowest BCUT2D eigenvalue weighted by atomic mass is 10.2. The minimum atomic E-state index is 0.141. The SMILES string of the molecule is CCOc1nc(N)nc(N2CC(C)OC(C)C2)n1. The molecule has 0 radical (unpaired) electrons. The number of nitrogens with two attached hydrogens (primary N) is 1. The Hall–Kier alpha value is -1.63. The first-order valence-electron chi connectivity index (χ1n) is 6.13. The van der Waals surface area contributed by atoms with Crippen molar-refractivity contribution in [2.75, 3.05) is 30.3 Å². The minimum Gasteiger partial charge on any atom is -0.464 e. The summed E-state index contributed by atoms with van der Waals surface area (Å²) in [5.41, 5.74) is 5.67. The zero-order chi connectivity index (χ0) is 13.1. The van der Waals surface area contributed by atoms with E-state index in [-0.39, 0.29) is 24.2 Å². The molecule has 7 heteroatoms. The maximum Gasteiger partial charge on any atom is 0.323 e. The van der Waals surface area contributed by atoms with Gasteiger partial charge in [0.25, 0.3) is 0 Å². The summed E-state index contributed by atoms with van der Waals surface area (Å²) in [7, 11) is 0. The number of ether oxygens (including phenoxy) is 2. The molecule has 2 unspecified atom stereocenters. The van der Waals surface area contributed by atoms with E-state index in [4.69, 9.17) is 15.2 Å². The second kappa shape index (κ2) is 5.34. The summed E-state index contributed by atoms with van der Waals surface area (Å²) in [6, 6.07) is 0.270. The van der Waals surface area contributed by atoms with Gasteiger partial charge < -0.3 is 20.1 Å². The fraction of sp³-hybridized carbons (Fsp3) is 0.727. The van der Waals surface area contributed by atoms with E-state index in [2.05, 4.69) is 15.0 Å². The fourth-order valence-electron chi connectivity index (χ4n) is 2.04. The van der Waals surface area contributed by atoms with Crippen molar-refractivity contribution >= 4 is 11.9 Å². The van der Waals surface area contributed by atoms with Gasteiger partial charge in [-0.3, -0.25) is 0 Å². The monoisotopic (exact) mass is 253 g/mol. The Labute approximate surface area is 106 Å². The first-order chi connectivity index (χ1) is 8.58. The minimum absolute atomic E-state index is 0.141. The van der Waals surface area contributed by atoms with Gasteiger partial charge in [0.15, 0.2) is 0 Å². The fourth-order valence-corrected chi connectivity index (χ4v) is 2.04. The second-order valence-corrected chi connectivity index (χ2v) is 4.37. The van der Waals surface area contributed by atoms with E-state index in [0.717, 1.165) is 13.1 Å². The van der Waals surface area contributed by atoms with Crippen LogP contribution in [0, 0.1) is 0 Å². The molecule has 0 amide bonds. The van der Waals surface area contributed by atoms with E-state index in [0.29, 0.717) is 12.6 Å². The second-order valence-electron chi connectivity index (χ2n) is 4.37. The van der Waals surface area contributed by atoms with E-state index < -0.39 is 0 Å². The third-order valence-electron chi connectivity index (χ3n) is 2.60. The summed E-state index contributed by atoms with van der Waals surface area (Å²) in [6.07, 6.45) is 0.282. The van der Waals surface area contributed by atoms with E-state index in [1.54, 1.807) is 0 Å². The van der Waals surface area contributed by atoms with Crippen LogP contribution >= 0.6 is 0 Å². The number of morpholine rings is 1. The van der Waals surface area contributed by atoms with E-state index in [1.165, 1.54) is 0 Å². The third kappa shape index (κ3) is 2.98. The van der Waals surface area contributed by atoms with Crippen molar-refractivity contribution in [1.29, 1.82) is 0 Å². The number of hydrogen-bond acceptors (Lipinski definition) is 7. The summed E-state index contributed by atoms with van der Waals surface area (Å²) in [5, 5.41) is 0. The first kappa shape index (κ1) is 12.8. The Bertz CT molecular complexity index is 404. The van der Waals surface area contributed by atoms with Crippen LogP contribution in [0.25, 0.3) is 0 Å². The average molecular weight is 253 g/mol. The van der Waals surface area contributed by atoms with Crippen molar-refractivity contribution in [2.24, 2.45) is 0 Å². The van der Waals surface area contributed by atoms with E-state index in [9.17, 15) is 0 Å². The Morgan fingerprint density at radius 3 is 2.56 bits per heavy atom. The molecule has 1 aliphatic rings. The highest BCUT2D eigenvalue weighted by Crippen LogP contribution is 2.18. The molecule has 1 aliphatic heterocycles. The van der Waals surface area contributed by atoms with Gasteiger partial charge in [-0.25, -0.2) is 0 Å². The molecule has 0 aliphatic carbocycles. The van der Waals surface area contributed by atoms with Crippen molar-refractivity contribution in [3.63, 3.8) is 0 Å². The maximum atomic E-state index is 5.67. The van der Waals surface area contributed by atoms with Gasteiger partial charge in [-0.1, -0.05) is 0 Å². The van der Waals surface area contributed by atoms with Crippen molar-refractivity contribution < 1.29 is 9.47 Å². The lowest BCUT2D eigenvalue weighted by molar-refractivity contribution is -0.00577. The number of nitrogens with zero attached hydrogens (tertiary/aromatic N) is 4. The molecule has 2 rings (SSSR count). The van der Waals surface area contributed by atoms with Crippen LogP contribution in [0.1, 0.15) is 20.8 Å². The molecule has 1 aromatic heterocycles. The van der Waals surface area contributed by atoms with Crippen molar-refractivity contribution in [3.8, 4) is 6.01 Å². The quantitative estimate of drug-likeness (QED) is 0.837. The van der Waals surface area contributed by atoms with Gasteiger partial charge in [0.05, 0.1) is 18.8 Å². The van der Waals surface area contributed by atoms with Gasteiger partial charge in [-0.2, -0.15) is 15.0 Å². The highest BCUT2D eigenvalue weighted by molar-refractivity contribution is 5.36. The molecular weight excluding hydrogens is 234 g/mol. The molecule has 0 saturated carbocycles. The van der Waals surface area contributed by atoms with Crippen LogP contribution in [0.5, 0.6) is 6.01 Å². The Morgan fingerprint density at radius 1 is 1.28 bits per heavy atom. The van der Waals surface area contributed by atoms with Crippen LogP contribution in [-0.4, -0.2) is 46.9 Å². The summed E-state index contributed by atoms with van der Waals surface area (Å²) in [4.78, 5) is 14.4. The lowest BCUT2D eigenvalue weighted by Gasteiger charge is -2.35. The lowest BCUT2D eigenvalue weighted by Crippen LogP contribution is -2.46. The summed E-state index contributed by atoms with van der Waals surface area (Å²) in [6.45, 7) is 7.89. The number of rotatable bonds is 3. The number of aromatic nitrogens is 3. The topological polar surface area (TPSA) is 86.4 Å². The molecule has 1 aromatic rings. The standard InChI is InChI=1S/C11H19N5O2/c1-4-17-11-14-9(12)13-10(15-11)16-5-7(2)18-8(3)6-16/h7-8H,4-6H2,1-3H3,(H2,12,13,14,15). The molecule has 100 valence electrons. The van der Waals surface area contributed by atoms with Gasteiger partial charge in [-0.15, -0.1) is 0 Å². The average Bonchev–Trinajstić information content (AvgIpc) is 2.27. The maximum absolute atomic E-state index is 5.67. The summed E-state index contributed by atoms with van der Waals surface area (Å²) in [5.74, 6) is 0.725. The molecule has 0 aromatic carbocycles. The van der Waals surface area contributed by atoms with Crippen molar-refractivity contribution in [3.05, 3.63) is 0 Å². The van der Waals surface area contributed by atoms with Gasteiger partial charge in [0.1, 0.15) is 0 Å². The zero-order valence-corrected chi connectivity index (χ0v) is 11.0.